The summed E-state index contributed by atoms with van der Waals surface area (Å²) in [7, 11) is 3.15. The summed E-state index contributed by atoms with van der Waals surface area (Å²) in [5, 5.41) is 0. The molecule has 164 valence electrons. The lowest BCUT2D eigenvalue weighted by Gasteiger charge is -2.26. The van der Waals surface area contributed by atoms with Gasteiger partial charge in [0, 0.05) is 39.4 Å². The van der Waals surface area contributed by atoms with Crippen molar-refractivity contribution in [2.75, 3.05) is 37.7 Å². The van der Waals surface area contributed by atoms with Gasteiger partial charge in [0.2, 0.25) is 5.95 Å². The van der Waals surface area contributed by atoms with Crippen LogP contribution in [0.2, 0.25) is 0 Å². The third kappa shape index (κ3) is 3.42. The van der Waals surface area contributed by atoms with Crippen LogP contribution in [0.4, 0.5) is 11.6 Å². The summed E-state index contributed by atoms with van der Waals surface area (Å²) in [6, 6.07) is 7.99. The Kier molecular flexibility index (Phi) is 5.05. The van der Waals surface area contributed by atoms with E-state index < -0.39 is 0 Å². The molecule has 0 radical (unpaired) electrons. The highest BCUT2D eigenvalue weighted by Gasteiger charge is 2.28. The average Bonchev–Trinajstić information content (AvgIpc) is 3.37. The van der Waals surface area contributed by atoms with Crippen LogP contribution >= 0.6 is 0 Å². The number of hydrogen-bond acceptors (Lipinski definition) is 6. The molecule has 0 bridgehead atoms. The van der Waals surface area contributed by atoms with Gasteiger partial charge < -0.3 is 14.2 Å². The lowest BCUT2D eigenvalue weighted by molar-refractivity contribution is 0.183. The van der Waals surface area contributed by atoms with E-state index in [9.17, 15) is 9.59 Å². The van der Waals surface area contributed by atoms with Gasteiger partial charge in [-0.2, -0.15) is 4.98 Å². The van der Waals surface area contributed by atoms with E-state index in [4.69, 9.17) is 4.74 Å². The van der Waals surface area contributed by atoms with Crippen LogP contribution in [0.15, 0.2) is 33.9 Å². The van der Waals surface area contributed by atoms with E-state index in [1.54, 1.807) is 7.05 Å². The van der Waals surface area contributed by atoms with Crippen molar-refractivity contribution >= 4 is 22.8 Å². The maximum absolute atomic E-state index is 12.7. The smallest absolute Gasteiger partial charge is 0.332 e. The SMILES string of the molecule is Cn1c(=O)c2c(nc3n2CCN3c2ccc(OCCN3CCCCC3)cc2)n(C)c1=O. The molecule has 2 aromatic heterocycles. The molecule has 0 aliphatic carbocycles. The first-order valence-corrected chi connectivity index (χ1v) is 10.9. The average molecular weight is 425 g/mol. The van der Waals surface area contributed by atoms with Crippen molar-refractivity contribution < 1.29 is 4.74 Å². The van der Waals surface area contributed by atoms with E-state index in [-0.39, 0.29) is 11.2 Å². The molecule has 0 N–H and O–H groups in total. The third-order valence-corrected chi connectivity index (χ3v) is 6.39. The number of likely N-dealkylation sites (tertiary alicyclic amines) is 1. The summed E-state index contributed by atoms with van der Waals surface area (Å²) >= 11 is 0. The number of aromatic nitrogens is 4. The highest BCUT2D eigenvalue weighted by molar-refractivity contribution is 5.77. The van der Waals surface area contributed by atoms with Crippen LogP contribution in [0.1, 0.15) is 19.3 Å². The Bertz CT molecular complexity index is 1220. The highest BCUT2D eigenvalue weighted by Crippen LogP contribution is 2.32. The van der Waals surface area contributed by atoms with Crippen LogP contribution in [-0.2, 0) is 20.6 Å². The van der Waals surface area contributed by atoms with Crippen LogP contribution < -0.4 is 20.9 Å². The largest absolute Gasteiger partial charge is 0.492 e. The molecule has 0 spiro atoms. The number of rotatable bonds is 5. The van der Waals surface area contributed by atoms with E-state index in [0.717, 1.165) is 29.1 Å². The summed E-state index contributed by atoms with van der Waals surface area (Å²) < 4.78 is 10.4. The van der Waals surface area contributed by atoms with Crippen LogP contribution in [0, 0.1) is 0 Å². The number of fused-ring (bicyclic) bond motifs is 3. The molecule has 0 amide bonds. The van der Waals surface area contributed by atoms with Crippen LogP contribution in [-0.4, -0.2) is 56.4 Å². The molecule has 5 rings (SSSR count). The number of anilines is 2. The number of benzene rings is 1. The highest BCUT2D eigenvalue weighted by atomic mass is 16.5. The Morgan fingerprint density at radius 2 is 1.68 bits per heavy atom. The quantitative estimate of drug-likeness (QED) is 0.617. The zero-order chi connectivity index (χ0) is 21.5. The first kappa shape index (κ1) is 19.9. The van der Waals surface area contributed by atoms with Gasteiger partial charge >= 0.3 is 5.69 Å². The summed E-state index contributed by atoms with van der Waals surface area (Å²) in [6.07, 6.45) is 3.92. The molecular weight excluding hydrogens is 396 g/mol. The minimum Gasteiger partial charge on any atom is -0.492 e. The molecule has 31 heavy (non-hydrogen) atoms. The Balaban J connectivity index is 1.34. The minimum absolute atomic E-state index is 0.309. The van der Waals surface area contributed by atoms with Crippen LogP contribution in [0.25, 0.3) is 11.2 Å². The van der Waals surface area contributed by atoms with E-state index >= 15 is 0 Å². The van der Waals surface area contributed by atoms with Gasteiger partial charge in [0.15, 0.2) is 11.2 Å². The number of aryl methyl sites for hydroxylation is 1. The van der Waals surface area contributed by atoms with E-state index in [2.05, 4.69) is 14.8 Å². The third-order valence-electron chi connectivity index (χ3n) is 6.39. The molecule has 4 heterocycles. The van der Waals surface area contributed by atoms with Gasteiger partial charge in [-0.1, -0.05) is 6.42 Å². The normalized spacial score (nSPS) is 16.8. The van der Waals surface area contributed by atoms with Gasteiger partial charge in [0.05, 0.1) is 0 Å². The molecule has 0 atom stereocenters. The first-order chi connectivity index (χ1) is 15.0. The van der Waals surface area contributed by atoms with Gasteiger partial charge in [0.1, 0.15) is 12.4 Å². The monoisotopic (exact) mass is 424 g/mol. The molecule has 1 saturated heterocycles. The van der Waals surface area contributed by atoms with Crippen molar-refractivity contribution in [3.05, 3.63) is 45.1 Å². The Morgan fingerprint density at radius 1 is 0.935 bits per heavy atom. The summed E-state index contributed by atoms with van der Waals surface area (Å²) in [5.74, 6) is 1.54. The van der Waals surface area contributed by atoms with Gasteiger partial charge in [-0.25, -0.2) is 4.79 Å². The number of imidazole rings is 1. The van der Waals surface area contributed by atoms with Gasteiger partial charge in [-0.15, -0.1) is 0 Å². The first-order valence-electron chi connectivity index (χ1n) is 10.9. The fourth-order valence-electron chi connectivity index (χ4n) is 4.60. The second-order valence-corrected chi connectivity index (χ2v) is 8.34. The molecule has 0 saturated carbocycles. The summed E-state index contributed by atoms with van der Waals surface area (Å²) in [6.45, 7) is 5.37. The number of piperidine rings is 1. The second-order valence-electron chi connectivity index (χ2n) is 8.34. The van der Waals surface area contributed by atoms with E-state index in [1.165, 1.54) is 44.0 Å². The van der Waals surface area contributed by atoms with Crippen molar-refractivity contribution in [3.8, 4) is 5.75 Å². The van der Waals surface area contributed by atoms with Gasteiger partial charge in [0.25, 0.3) is 5.56 Å². The molecular formula is C22H28N6O3. The number of hydrogen-bond donors (Lipinski definition) is 0. The van der Waals surface area contributed by atoms with Gasteiger partial charge in [-0.05, 0) is 50.2 Å². The predicted octanol–water partition coefficient (Wildman–Crippen LogP) is 1.45. The van der Waals surface area contributed by atoms with Crippen LogP contribution in [0.3, 0.4) is 0 Å². The van der Waals surface area contributed by atoms with Crippen LogP contribution in [0.5, 0.6) is 5.75 Å². The lowest BCUT2D eigenvalue weighted by atomic mass is 10.1. The number of nitrogens with zero attached hydrogens (tertiary/aromatic N) is 6. The molecule has 2 aliphatic rings. The zero-order valence-electron chi connectivity index (χ0n) is 18.1. The maximum Gasteiger partial charge on any atom is 0.332 e. The molecule has 1 aromatic carbocycles. The molecule has 9 heteroatoms. The zero-order valence-corrected chi connectivity index (χ0v) is 18.1. The molecule has 9 nitrogen and oxygen atoms in total. The summed E-state index contributed by atoms with van der Waals surface area (Å²) in [5.41, 5.74) is 1.20. The summed E-state index contributed by atoms with van der Waals surface area (Å²) in [4.78, 5) is 34.1. The fraction of sp³-hybridized carbons (Fsp3) is 0.500. The Labute approximate surface area is 180 Å². The van der Waals surface area contributed by atoms with Crippen molar-refractivity contribution in [3.63, 3.8) is 0 Å². The van der Waals surface area contributed by atoms with Crippen molar-refractivity contribution in [2.45, 2.75) is 25.8 Å². The van der Waals surface area contributed by atoms with Gasteiger partial charge in [-0.3, -0.25) is 18.8 Å². The van der Waals surface area contributed by atoms with E-state index in [1.807, 2.05) is 28.8 Å². The Hall–Kier alpha value is -3.07. The predicted molar refractivity (Wildman–Crippen MR) is 119 cm³/mol. The standard InChI is InChI=1S/C22H28N6O3/c1-24-19-18(20(29)25(2)22(24)30)28-13-12-27(21(28)23-19)16-6-8-17(9-7-16)31-15-14-26-10-4-3-5-11-26/h6-9H,3-5,10-15H2,1-2H3. The Morgan fingerprint density at radius 3 is 2.42 bits per heavy atom. The maximum atomic E-state index is 12.7. The molecule has 2 aliphatic heterocycles. The molecule has 3 aromatic rings. The molecule has 0 unspecified atom stereocenters. The fourth-order valence-corrected chi connectivity index (χ4v) is 4.60. The molecule has 1 fully saturated rings. The van der Waals surface area contributed by atoms with Crippen molar-refractivity contribution in [2.24, 2.45) is 14.1 Å². The van der Waals surface area contributed by atoms with Crippen molar-refractivity contribution in [1.82, 2.24) is 23.6 Å². The number of ether oxygens (including phenoxy) is 1. The van der Waals surface area contributed by atoms with E-state index in [0.29, 0.717) is 30.3 Å². The second kappa shape index (κ2) is 7.88. The minimum atomic E-state index is -0.369. The van der Waals surface area contributed by atoms with Crippen molar-refractivity contribution in [1.29, 1.82) is 0 Å². The lowest BCUT2D eigenvalue weighted by Crippen LogP contribution is -2.37. The topological polar surface area (TPSA) is 77.5 Å².